The van der Waals surface area contributed by atoms with Gasteiger partial charge in [-0.1, -0.05) is 13.8 Å². The maximum atomic E-state index is 12.3. The number of carbonyl (C=O) groups is 1. The van der Waals surface area contributed by atoms with E-state index in [9.17, 15) is 13.2 Å². The van der Waals surface area contributed by atoms with E-state index in [-0.39, 0.29) is 10.8 Å². The number of hydrogen-bond acceptors (Lipinski definition) is 3. The van der Waals surface area contributed by atoms with Crippen LogP contribution in [0.2, 0.25) is 0 Å². The first-order valence-electron chi connectivity index (χ1n) is 5.77. The molecule has 7 heteroatoms. The van der Waals surface area contributed by atoms with E-state index in [1.807, 2.05) is 0 Å². The van der Waals surface area contributed by atoms with Crippen molar-refractivity contribution < 1.29 is 13.2 Å². The zero-order chi connectivity index (χ0) is 13.9. The minimum absolute atomic E-state index is 0.146. The van der Waals surface area contributed by atoms with Crippen LogP contribution in [0, 0.1) is 0 Å². The summed E-state index contributed by atoms with van der Waals surface area (Å²) in [4.78, 5) is 11.7. The average Bonchev–Trinajstić information content (AvgIpc) is 2.72. The van der Waals surface area contributed by atoms with Gasteiger partial charge in [0, 0.05) is 33.4 Å². The van der Waals surface area contributed by atoms with E-state index in [0.717, 1.165) is 0 Å². The summed E-state index contributed by atoms with van der Waals surface area (Å²) >= 11 is 0. The van der Waals surface area contributed by atoms with Crippen LogP contribution in [-0.2, 0) is 17.1 Å². The van der Waals surface area contributed by atoms with Gasteiger partial charge in [-0.2, -0.15) is 4.31 Å². The molecular formula is C11H19N3O3S. The zero-order valence-electron chi connectivity index (χ0n) is 11.1. The van der Waals surface area contributed by atoms with Gasteiger partial charge in [-0.25, -0.2) is 8.42 Å². The van der Waals surface area contributed by atoms with Crippen LogP contribution < -0.4 is 5.32 Å². The largest absolute Gasteiger partial charge is 0.354 e. The SMILES string of the molecule is CCN(CC)S(=O)(=O)c1cc(C(=O)NC)n(C)c1. The summed E-state index contributed by atoms with van der Waals surface area (Å²) in [5.41, 5.74) is 0.322. The first-order chi connectivity index (χ1) is 8.38. The Hall–Kier alpha value is -1.34. The van der Waals surface area contributed by atoms with Crippen LogP contribution in [0.4, 0.5) is 0 Å². The summed E-state index contributed by atoms with van der Waals surface area (Å²) in [6, 6.07) is 1.40. The molecule has 1 aromatic rings. The van der Waals surface area contributed by atoms with E-state index in [0.29, 0.717) is 18.8 Å². The molecule has 0 aliphatic rings. The predicted molar refractivity (Wildman–Crippen MR) is 68.9 cm³/mol. The van der Waals surface area contributed by atoms with Crippen molar-refractivity contribution in [1.82, 2.24) is 14.2 Å². The summed E-state index contributed by atoms with van der Waals surface area (Å²) < 4.78 is 27.4. The molecule has 0 fully saturated rings. The fraction of sp³-hybridized carbons (Fsp3) is 0.545. The van der Waals surface area contributed by atoms with Crippen LogP contribution in [0.15, 0.2) is 17.2 Å². The van der Waals surface area contributed by atoms with Gasteiger partial charge in [0.15, 0.2) is 0 Å². The van der Waals surface area contributed by atoms with Gasteiger partial charge in [0.1, 0.15) is 10.6 Å². The lowest BCUT2D eigenvalue weighted by Gasteiger charge is -2.17. The molecule has 0 saturated heterocycles. The van der Waals surface area contributed by atoms with Crippen molar-refractivity contribution >= 4 is 15.9 Å². The number of sulfonamides is 1. The van der Waals surface area contributed by atoms with Gasteiger partial charge in [0.25, 0.3) is 5.91 Å². The van der Waals surface area contributed by atoms with Crippen LogP contribution in [0.25, 0.3) is 0 Å². The molecule has 1 aromatic heterocycles. The number of nitrogens with one attached hydrogen (secondary N) is 1. The molecule has 0 atom stereocenters. The predicted octanol–water partition coefficient (Wildman–Crippen LogP) is 0.415. The molecule has 0 aliphatic heterocycles. The van der Waals surface area contributed by atoms with E-state index >= 15 is 0 Å². The first-order valence-corrected chi connectivity index (χ1v) is 7.21. The topological polar surface area (TPSA) is 71.4 Å². The maximum absolute atomic E-state index is 12.3. The second-order valence-corrected chi connectivity index (χ2v) is 5.78. The number of amides is 1. The van der Waals surface area contributed by atoms with Crippen LogP contribution in [0.1, 0.15) is 24.3 Å². The van der Waals surface area contributed by atoms with Gasteiger partial charge in [-0.15, -0.1) is 0 Å². The van der Waals surface area contributed by atoms with Crippen LogP contribution in [0.5, 0.6) is 0 Å². The van der Waals surface area contributed by atoms with Crippen LogP contribution in [0.3, 0.4) is 0 Å². The van der Waals surface area contributed by atoms with Gasteiger partial charge in [-0.3, -0.25) is 4.79 Å². The third kappa shape index (κ3) is 2.56. The van der Waals surface area contributed by atoms with Gasteiger partial charge in [0.05, 0.1) is 0 Å². The third-order valence-electron chi connectivity index (χ3n) is 2.78. The lowest BCUT2D eigenvalue weighted by molar-refractivity contribution is 0.0955. The van der Waals surface area contributed by atoms with Crippen LogP contribution in [-0.4, -0.2) is 43.3 Å². The van der Waals surface area contributed by atoms with E-state index in [4.69, 9.17) is 0 Å². The molecule has 0 aromatic carbocycles. The van der Waals surface area contributed by atoms with Gasteiger partial charge in [0.2, 0.25) is 10.0 Å². The molecule has 0 unspecified atom stereocenters. The smallest absolute Gasteiger partial charge is 0.267 e. The van der Waals surface area contributed by atoms with Crippen molar-refractivity contribution in [2.75, 3.05) is 20.1 Å². The molecule has 1 rings (SSSR count). The highest BCUT2D eigenvalue weighted by atomic mass is 32.2. The lowest BCUT2D eigenvalue weighted by Crippen LogP contribution is -2.30. The molecule has 1 heterocycles. The maximum Gasteiger partial charge on any atom is 0.267 e. The Morgan fingerprint density at radius 1 is 1.39 bits per heavy atom. The monoisotopic (exact) mass is 273 g/mol. The van der Waals surface area contributed by atoms with Gasteiger partial charge >= 0.3 is 0 Å². The fourth-order valence-electron chi connectivity index (χ4n) is 1.74. The fourth-order valence-corrected chi connectivity index (χ4v) is 3.27. The molecule has 0 bridgehead atoms. The molecule has 1 amide bonds. The second-order valence-electron chi connectivity index (χ2n) is 3.84. The average molecular weight is 273 g/mol. The highest BCUT2D eigenvalue weighted by Gasteiger charge is 2.24. The molecule has 1 N–H and O–H groups in total. The third-order valence-corrected chi connectivity index (χ3v) is 4.80. The zero-order valence-corrected chi connectivity index (χ0v) is 11.9. The van der Waals surface area contributed by atoms with Gasteiger partial charge in [-0.05, 0) is 6.07 Å². The van der Waals surface area contributed by atoms with Crippen molar-refractivity contribution in [2.45, 2.75) is 18.7 Å². The second kappa shape index (κ2) is 5.53. The molecule has 0 radical (unpaired) electrons. The summed E-state index contributed by atoms with van der Waals surface area (Å²) in [7, 11) is -0.360. The summed E-state index contributed by atoms with van der Waals surface area (Å²) in [6.07, 6.45) is 1.46. The number of rotatable bonds is 5. The molecule has 18 heavy (non-hydrogen) atoms. The number of nitrogens with zero attached hydrogens (tertiary/aromatic N) is 2. The Kier molecular flexibility index (Phi) is 4.53. The minimum Gasteiger partial charge on any atom is -0.354 e. The van der Waals surface area contributed by atoms with E-state index in [1.165, 1.54) is 28.2 Å². The molecule has 102 valence electrons. The highest BCUT2D eigenvalue weighted by Crippen LogP contribution is 2.18. The Balaban J connectivity index is 3.23. The van der Waals surface area contributed by atoms with E-state index in [2.05, 4.69) is 5.32 Å². The van der Waals surface area contributed by atoms with E-state index in [1.54, 1.807) is 20.9 Å². The minimum atomic E-state index is -3.51. The number of hydrogen-bond donors (Lipinski definition) is 1. The Morgan fingerprint density at radius 3 is 2.39 bits per heavy atom. The standard InChI is InChI=1S/C11H19N3O3S/c1-5-14(6-2)18(16,17)9-7-10(11(15)12-3)13(4)8-9/h7-8H,5-6H2,1-4H3,(H,12,15). The van der Waals surface area contributed by atoms with Crippen molar-refractivity contribution in [2.24, 2.45) is 7.05 Å². The number of carbonyl (C=O) groups excluding carboxylic acids is 1. The molecule has 0 aliphatic carbocycles. The normalized spacial score (nSPS) is 11.8. The number of aryl methyl sites for hydroxylation is 1. The summed E-state index contributed by atoms with van der Waals surface area (Å²) in [6.45, 7) is 4.37. The summed E-state index contributed by atoms with van der Waals surface area (Å²) in [5.74, 6) is -0.307. The molecule has 0 spiro atoms. The Morgan fingerprint density at radius 2 is 1.94 bits per heavy atom. The van der Waals surface area contributed by atoms with Crippen molar-refractivity contribution in [1.29, 1.82) is 0 Å². The molecule has 6 nitrogen and oxygen atoms in total. The lowest BCUT2D eigenvalue weighted by atomic mass is 10.4. The van der Waals surface area contributed by atoms with E-state index < -0.39 is 10.0 Å². The van der Waals surface area contributed by atoms with Crippen molar-refractivity contribution in [3.8, 4) is 0 Å². The van der Waals surface area contributed by atoms with Crippen molar-refractivity contribution in [3.05, 3.63) is 18.0 Å². The number of aromatic nitrogens is 1. The summed E-state index contributed by atoms with van der Waals surface area (Å²) in [5, 5.41) is 2.48. The van der Waals surface area contributed by atoms with Gasteiger partial charge < -0.3 is 9.88 Å². The Bertz CT molecular complexity index is 530. The molecule has 0 saturated carbocycles. The van der Waals surface area contributed by atoms with Crippen molar-refractivity contribution in [3.63, 3.8) is 0 Å². The Labute approximate surface area is 108 Å². The first kappa shape index (κ1) is 14.7. The molecular weight excluding hydrogens is 254 g/mol. The highest BCUT2D eigenvalue weighted by molar-refractivity contribution is 7.89. The quantitative estimate of drug-likeness (QED) is 0.845. The van der Waals surface area contributed by atoms with Crippen LogP contribution >= 0.6 is 0 Å².